The van der Waals surface area contributed by atoms with E-state index in [-0.39, 0.29) is 0 Å². The number of hydrogen-bond acceptors (Lipinski definition) is 4. The number of ether oxygens (including phenoxy) is 1. The number of aromatic nitrogens is 3. The van der Waals surface area contributed by atoms with Crippen LogP contribution in [-0.2, 0) is 5.41 Å². The minimum Gasteiger partial charge on any atom is -0.457 e. The monoisotopic (exact) mass is 717 g/mol. The van der Waals surface area contributed by atoms with Gasteiger partial charge in [0.2, 0.25) is 0 Å². The maximum atomic E-state index is 6.39. The molecule has 0 N–H and O–H groups in total. The van der Waals surface area contributed by atoms with Gasteiger partial charge in [0.25, 0.3) is 0 Å². The van der Waals surface area contributed by atoms with Gasteiger partial charge in [-0.25, -0.2) is 15.0 Å². The van der Waals surface area contributed by atoms with Crippen molar-refractivity contribution < 1.29 is 4.74 Å². The Hall–Kier alpha value is -7.43. The molecule has 0 atom stereocenters. The zero-order chi connectivity index (χ0) is 37.3. The third kappa shape index (κ3) is 5.76. The molecule has 1 aromatic heterocycles. The van der Waals surface area contributed by atoms with Crippen molar-refractivity contribution in [1.29, 1.82) is 0 Å². The third-order valence-corrected chi connectivity index (χ3v) is 10.7. The number of fused-ring (bicyclic) bond motifs is 3. The first kappa shape index (κ1) is 33.2. The van der Waals surface area contributed by atoms with Crippen LogP contribution in [0.5, 0.6) is 11.5 Å². The largest absolute Gasteiger partial charge is 0.457 e. The van der Waals surface area contributed by atoms with Crippen molar-refractivity contribution in [3.63, 3.8) is 0 Å². The van der Waals surface area contributed by atoms with Gasteiger partial charge in [-0.3, -0.25) is 0 Å². The second kappa shape index (κ2) is 14.1. The third-order valence-electron chi connectivity index (χ3n) is 10.7. The fourth-order valence-electron chi connectivity index (χ4n) is 8.18. The fourth-order valence-corrected chi connectivity index (χ4v) is 8.18. The lowest BCUT2D eigenvalue weighted by atomic mass is 9.67. The van der Waals surface area contributed by atoms with Gasteiger partial charge in [0.05, 0.1) is 5.41 Å². The SMILES string of the molecule is c1ccc(-c2nc(-c3ccccc3)nc(-c3ccc(Oc4ccc(-c5cccc6c5-c5ccccc5C6(c5ccccc5)c5ccccc5)cc4)cc3)n2)cc1. The van der Waals surface area contributed by atoms with Crippen molar-refractivity contribution >= 4 is 0 Å². The summed E-state index contributed by atoms with van der Waals surface area (Å²) < 4.78 is 6.39. The number of hydrogen-bond donors (Lipinski definition) is 0. The minimum atomic E-state index is -0.437. The lowest BCUT2D eigenvalue weighted by Gasteiger charge is -2.34. The van der Waals surface area contributed by atoms with E-state index in [9.17, 15) is 0 Å². The zero-order valence-corrected chi connectivity index (χ0v) is 30.5. The highest BCUT2D eigenvalue weighted by molar-refractivity contribution is 5.95. The summed E-state index contributed by atoms with van der Waals surface area (Å²) in [5.41, 5.74) is 12.3. The molecule has 10 rings (SSSR count). The van der Waals surface area contributed by atoms with E-state index in [1.54, 1.807) is 0 Å². The lowest BCUT2D eigenvalue weighted by Crippen LogP contribution is -2.28. The molecule has 9 aromatic rings. The minimum absolute atomic E-state index is 0.437. The summed E-state index contributed by atoms with van der Waals surface area (Å²) in [7, 11) is 0. The maximum absolute atomic E-state index is 6.39. The molecule has 4 heteroatoms. The smallest absolute Gasteiger partial charge is 0.164 e. The standard InChI is InChI=1S/C52H35N3O/c1-5-16-37(17-6-1)49-53-50(38-18-7-2-8-19-38)55-51(54-49)39-30-34-43(35-31-39)56-42-32-28-36(29-33-42)44-25-15-27-47-48(44)45-24-13-14-26-46(45)52(47,40-20-9-3-10-21-40)41-22-11-4-12-23-41/h1-35H. The molecule has 0 aliphatic heterocycles. The summed E-state index contributed by atoms with van der Waals surface area (Å²) in [5, 5.41) is 0. The first-order valence-electron chi connectivity index (χ1n) is 18.9. The Morgan fingerprint density at radius 2 is 0.696 bits per heavy atom. The fraction of sp³-hybridized carbons (Fsp3) is 0.0192. The second-order valence-electron chi connectivity index (χ2n) is 13.9. The first-order chi connectivity index (χ1) is 27.8. The first-order valence-corrected chi connectivity index (χ1v) is 18.9. The van der Waals surface area contributed by atoms with Crippen LogP contribution in [0.2, 0.25) is 0 Å². The molecule has 0 bridgehead atoms. The number of nitrogens with zero attached hydrogens (tertiary/aromatic N) is 3. The van der Waals surface area contributed by atoms with Gasteiger partial charge in [-0.05, 0) is 80.9 Å². The Morgan fingerprint density at radius 3 is 1.21 bits per heavy atom. The van der Waals surface area contributed by atoms with Crippen LogP contribution < -0.4 is 4.74 Å². The highest BCUT2D eigenvalue weighted by atomic mass is 16.5. The molecule has 8 aromatic carbocycles. The topological polar surface area (TPSA) is 47.9 Å². The normalized spacial score (nSPS) is 12.4. The van der Waals surface area contributed by atoms with Crippen LogP contribution in [0, 0.1) is 0 Å². The lowest BCUT2D eigenvalue weighted by molar-refractivity contribution is 0.483. The molecule has 0 radical (unpaired) electrons. The average Bonchev–Trinajstić information content (AvgIpc) is 3.59. The maximum Gasteiger partial charge on any atom is 0.164 e. The number of benzene rings is 8. The molecule has 0 saturated heterocycles. The quantitative estimate of drug-likeness (QED) is 0.157. The van der Waals surface area contributed by atoms with E-state index in [4.69, 9.17) is 19.7 Å². The van der Waals surface area contributed by atoms with E-state index >= 15 is 0 Å². The molecule has 0 amide bonds. The van der Waals surface area contributed by atoms with Crippen molar-refractivity contribution in [3.05, 3.63) is 235 Å². The Balaban J connectivity index is 0.972. The summed E-state index contributed by atoms with van der Waals surface area (Å²) >= 11 is 0. The van der Waals surface area contributed by atoms with Crippen molar-refractivity contribution in [1.82, 2.24) is 15.0 Å². The van der Waals surface area contributed by atoms with Crippen LogP contribution in [-0.4, -0.2) is 15.0 Å². The van der Waals surface area contributed by atoms with Crippen LogP contribution >= 0.6 is 0 Å². The Bertz CT molecular complexity index is 2690. The summed E-state index contributed by atoms with van der Waals surface area (Å²) in [4.78, 5) is 14.6. The zero-order valence-electron chi connectivity index (χ0n) is 30.5. The molecule has 4 nitrogen and oxygen atoms in total. The van der Waals surface area contributed by atoms with Crippen LogP contribution in [0.4, 0.5) is 0 Å². The van der Waals surface area contributed by atoms with Gasteiger partial charge in [-0.1, -0.05) is 176 Å². The molecule has 56 heavy (non-hydrogen) atoms. The van der Waals surface area contributed by atoms with E-state index in [1.165, 1.54) is 38.9 Å². The highest BCUT2D eigenvalue weighted by Crippen LogP contribution is 2.58. The molecule has 0 saturated carbocycles. The summed E-state index contributed by atoms with van der Waals surface area (Å²) in [5.74, 6) is 3.36. The predicted molar refractivity (Wildman–Crippen MR) is 225 cm³/mol. The van der Waals surface area contributed by atoms with Gasteiger partial charge in [-0.2, -0.15) is 0 Å². The van der Waals surface area contributed by atoms with Crippen LogP contribution in [0.25, 0.3) is 56.4 Å². The summed E-state index contributed by atoms with van der Waals surface area (Å²) in [6, 6.07) is 73.8. The second-order valence-corrected chi connectivity index (χ2v) is 13.9. The molecule has 1 aliphatic rings. The molecule has 1 heterocycles. The Labute approximate surface area is 326 Å². The van der Waals surface area contributed by atoms with E-state index in [2.05, 4.69) is 127 Å². The molecule has 264 valence electrons. The average molecular weight is 718 g/mol. The van der Waals surface area contributed by atoms with Gasteiger partial charge in [0, 0.05) is 16.7 Å². The summed E-state index contributed by atoms with van der Waals surface area (Å²) in [6.07, 6.45) is 0. The van der Waals surface area contributed by atoms with E-state index < -0.39 is 5.41 Å². The molecule has 0 fully saturated rings. The van der Waals surface area contributed by atoms with Gasteiger partial charge in [0.1, 0.15) is 11.5 Å². The molecule has 0 unspecified atom stereocenters. The van der Waals surface area contributed by atoms with Gasteiger partial charge in [-0.15, -0.1) is 0 Å². The Morgan fingerprint density at radius 1 is 0.304 bits per heavy atom. The van der Waals surface area contributed by atoms with Crippen molar-refractivity contribution in [3.8, 4) is 67.9 Å². The Kier molecular flexibility index (Phi) is 8.34. The van der Waals surface area contributed by atoms with Crippen LogP contribution in [0.1, 0.15) is 22.3 Å². The molecule has 1 aliphatic carbocycles. The van der Waals surface area contributed by atoms with Crippen molar-refractivity contribution in [2.75, 3.05) is 0 Å². The predicted octanol–water partition coefficient (Wildman–Crippen LogP) is 12.7. The van der Waals surface area contributed by atoms with Gasteiger partial charge >= 0.3 is 0 Å². The van der Waals surface area contributed by atoms with Crippen LogP contribution in [0.3, 0.4) is 0 Å². The summed E-state index contributed by atoms with van der Waals surface area (Å²) in [6.45, 7) is 0. The molecule has 0 spiro atoms. The molecular weight excluding hydrogens is 683 g/mol. The van der Waals surface area contributed by atoms with Crippen LogP contribution in [0.15, 0.2) is 212 Å². The highest BCUT2D eigenvalue weighted by Gasteiger charge is 2.46. The van der Waals surface area contributed by atoms with Crippen molar-refractivity contribution in [2.24, 2.45) is 0 Å². The van der Waals surface area contributed by atoms with E-state index in [0.29, 0.717) is 17.5 Å². The van der Waals surface area contributed by atoms with Gasteiger partial charge < -0.3 is 4.74 Å². The van der Waals surface area contributed by atoms with Gasteiger partial charge in [0.15, 0.2) is 17.5 Å². The van der Waals surface area contributed by atoms with Crippen molar-refractivity contribution in [2.45, 2.75) is 5.41 Å². The number of rotatable bonds is 8. The van der Waals surface area contributed by atoms with E-state index in [1.807, 2.05) is 84.9 Å². The van der Waals surface area contributed by atoms with E-state index in [0.717, 1.165) is 33.8 Å². The molecular formula is C52H35N3O.